The smallest absolute Gasteiger partial charge is 0.146 e. The molecule has 1 nitrogen and oxygen atoms in total. The van der Waals surface area contributed by atoms with Crippen LogP contribution in [0.25, 0.3) is 0 Å². The summed E-state index contributed by atoms with van der Waals surface area (Å²) in [6, 6.07) is 0. The van der Waals surface area contributed by atoms with E-state index in [9.17, 15) is 4.79 Å². The zero-order chi connectivity index (χ0) is 5.98. The minimum atomic E-state index is 0.829. The van der Waals surface area contributed by atoms with Gasteiger partial charge < -0.3 is 0 Å². The first-order valence-corrected chi connectivity index (χ1v) is 2.65. The van der Waals surface area contributed by atoms with E-state index in [1.54, 1.807) is 0 Å². The summed E-state index contributed by atoms with van der Waals surface area (Å²) >= 11 is 0. The van der Waals surface area contributed by atoms with Gasteiger partial charge in [-0.1, -0.05) is 17.7 Å². The summed E-state index contributed by atoms with van der Waals surface area (Å²) in [5.41, 5.74) is 2.09. The van der Waals surface area contributed by atoms with Gasteiger partial charge in [0.25, 0.3) is 0 Å². The van der Waals surface area contributed by atoms with E-state index in [1.807, 2.05) is 19.1 Å². The van der Waals surface area contributed by atoms with Crippen molar-refractivity contribution in [2.45, 2.75) is 13.3 Å². The highest BCUT2D eigenvalue weighted by molar-refractivity contribution is 5.76. The van der Waals surface area contributed by atoms with Crippen molar-refractivity contribution in [2.75, 3.05) is 0 Å². The summed E-state index contributed by atoms with van der Waals surface area (Å²) in [5, 5.41) is 0. The zero-order valence-electron chi connectivity index (χ0n) is 4.85. The first-order valence-electron chi connectivity index (χ1n) is 2.65. The van der Waals surface area contributed by atoms with Crippen LogP contribution in [-0.4, -0.2) is 6.29 Å². The molecule has 0 saturated carbocycles. The Hall–Kier alpha value is -0.850. The number of rotatable bonds is 1. The fourth-order valence-electron chi connectivity index (χ4n) is 0.771. The quantitative estimate of drug-likeness (QED) is 0.465. The fourth-order valence-corrected chi connectivity index (χ4v) is 0.771. The van der Waals surface area contributed by atoms with Crippen LogP contribution in [-0.2, 0) is 4.79 Å². The number of aldehydes is 1. The Morgan fingerprint density at radius 2 is 2.50 bits per heavy atom. The summed E-state index contributed by atoms with van der Waals surface area (Å²) < 4.78 is 0. The van der Waals surface area contributed by atoms with Crippen molar-refractivity contribution in [3.63, 3.8) is 0 Å². The summed E-state index contributed by atoms with van der Waals surface area (Å²) in [5.74, 6) is 0. The van der Waals surface area contributed by atoms with Crippen LogP contribution in [0, 0.1) is 0 Å². The molecule has 0 radical (unpaired) electrons. The van der Waals surface area contributed by atoms with Crippen molar-refractivity contribution in [3.05, 3.63) is 23.3 Å². The topological polar surface area (TPSA) is 17.1 Å². The summed E-state index contributed by atoms with van der Waals surface area (Å²) in [6.45, 7) is 2.00. The number of carbonyl (C=O) groups is 1. The van der Waals surface area contributed by atoms with Crippen molar-refractivity contribution < 1.29 is 4.79 Å². The van der Waals surface area contributed by atoms with E-state index in [0.717, 1.165) is 18.3 Å². The van der Waals surface area contributed by atoms with E-state index in [0.29, 0.717) is 0 Å². The summed E-state index contributed by atoms with van der Waals surface area (Å²) in [4.78, 5) is 10.1. The molecule has 1 heteroatoms. The molecule has 0 unspecified atom stereocenters. The Bertz CT molecular complexity index is 163. The Morgan fingerprint density at radius 1 is 1.75 bits per heavy atom. The minimum Gasteiger partial charge on any atom is -0.298 e. The van der Waals surface area contributed by atoms with Gasteiger partial charge in [0.1, 0.15) is 6.29 Å². The lowest BCUT2D eigenvalue weighted by Crippen LogP contribution is -1.74. The molecular formula is C7H8O. The largest absolute Gasteiger partial charge is 0.298 e. The Morgan fingerprint density at radius 3 is 2.75 bits per heavy atom. The standard InChI is InChI=1S/C7H8O/c1-6-2-3-7(4-6)5-8/h2,4-5H,3H2,1H3. The van der Waals surface area contributed by atoms with Gasteiger partial charge in [-0.25, -0.2) is 0 Å². The molecule has 0 aromatic heterocycles. The van der Waals surface area contributed by atoms with Crippen molar-refractivity contribution in [1.82, 2.24) is 0 Å². The number of hydrogen-bond donors (Lipinski definition) is 0. The van der Waals surface area contributed by atoms with Gasteiger partial charge in [0.05, 0.1) is 0 Å². The van der Waals surface area contributed by atoms with E-state index < -0.39 is 0 Å². The molecule has 0 fully saturated rings. The molecule has 0 bridgehead atoms. The monoisotopic (exact) mass is 108 g/mol. The molecule has 1 aliphatic rings. The molecule has 0 aliphatic heterocycles. The van der Waals surface area contributed by atoms with Crippen LogP contribution in [0.2, 0.25) is 0 Å². The third-order valence-electron chi connectivity index (χ3n) is 1.22. The van der Waals surface area contributed by atoms with Gasteiger partial charge in [0, 0.05) is 0 Å². The van der Waals surface area contributed by atoms with E-state index in [4.69, 9.17) is 0 Å². The molecule has 8 heavy (non-hydrogen) atoms. The lowest BCUT2D eigenvalue weighted by Gasteiger charge is -1.78. The SMILES string of the molecule is CC1=CCC(C=O)=C1. The van der Waals surface area contributed by atoms with Gasteiger partial charge in [-0.05, 0) is 18.9 Å². The molecule has 0 saturated heterocycles. The molecule has 1 rings (SSSR count). The first kappa shape index (κ1) is 5.29. The van der Waals surface area contributed by atoms with Crippen LogP contribution in [0.3, 0.4) is 0 Å². The van der Waals surface area contributed by atoms with Gasteiger partial charge in [-0.15, -0.1) is 0 Å². The Labute approximate surface area is 48.7 Å². The maximum absolute atomic E-state index is 10.1. The highest BCUT2D eigenvalue weighted by Gasteiger charge is 1.99. The van der Waals surface area contributed by atoms with E-state index in [1.165, 1.54) is 5.57 Å². The number of carbonyl (C=O) groups excluding carboxylic acids is 1. The third kappa shape index (κ3) is 0.861. The lowest BCUT2D eigenvalue weighted by atomic mass is 10.3. The fraction of sp³-hybridized carbons (Fsp3) is 0.286. The van der Waals surface area contributed by atoms with Crippen LogP contribution >= 0.6 is 0 Å². The van der Waals surface area contributed by atoms with Gasteiger partial charge >= 0.3 is 0 Å². The highest BCUT2D eigenvalue weighted by atomic mass is 16.1. The molecule has 42 valence electrons. The van der Waals surface area contributed by atoms with Crippen LogP contribution < -0.4 is 0 Å². The van der Waals surface area contributed by atoms with E-state index in [-0.39, 0.29) is 0 Å². The average molecular weight is 108 g/mol. The summed E-state index contributed by atoms with van der Waals surface area (Å²) in [7, 11) is 0. The Kier molecular flexibility index (Phi) is 1.29. The number of hydrogen-bond acceptors (Lipinski definition) is 1. The highest BCUT2D eigenvalue weighted by Crippen LogP contribution is 2.13. The second-order valence-electron chi connectivity index (χ2n) is 1.99. The van der Waals surface area contributed by atoms with E-state index >= 15 is 0 Å². The molecule has 0 atom stereocenters. The van der Waals surface area contributed by atoms with E-state index in [2.05, 4.69) is 0 Å². The van der Waals surface area contributed by atoms with Crippen LogP contribution in [0.5, 0.6) is 0 Å². The van der Waals surface area contributed by atoms with Crippen LogP contribution in [0.15, 0.2) is 23.3 Å². The second kappa shape index (κ2) is 1.95. The maximum atomic E-state index is 10.1. The maximum Gasteiger partial charge on any atom is 0.146 e. The third-order valence-corrected chi connectivity index (χ3v) is 1.22. The molecule has 1 aliphatic carbocycles. The van der Waals surface area contributed by atoms with Gasteiger partial charge in [-0.3, -0.25) is 4.79 Å². The van der Waals surface area contributed by atoms with Gasteiger partial charge in [-0.2, -0.15) is 0 Å². The predicted molar refractivity (Wildman–Crippen MR) is 32.5 cm³/mol. The number of allylic oxidation sites excluding steroid dienone is 4. The van der Waals surface area contributed by atoms with Crippen molar-refractivity contribution in [1.29, 1.82) is 0 Å². The molecule has 0 heterocycles. The predicted octanol–water partition coefficient (Wildman–Crippen LogP) is 1.46. The Balaban J connectivity index is 2.69. The van der Waals surface area contributed by atoms with Gasteiger partial charge in [0.15, 0.2) is 0 Å². The minimum absolute atomic E-state index is 0.829. The first-order chi connectivity index (χ1) is 3.83. The van der Waals surface area contributed by atoms with Crippen molar-refractivity contribution in [3.8, 4) is 0 Å². The molecular weight excluding hydrogens is 100 g/mol. The molecule has 0 amide bonds. The molecule has 0 spiro atoms. The van der Waals surface area contributed by atoms with Crippen molar-refractivity contribution >= 4 is 6.29 Å². The van der Waals surface area contributed by atoms with Crippen molar-refractivity contribution in [2.24, 2.45) is 0 Å². The molecule has 0 N–H and O–H groups in total. The molecule has 0 aromatic rings. The second-order valence-corrected chi connectivity index (χ2v) is 1.99. The lowest BCUT2D eigenvalue weighted by molar-refractivity contribution is -0.104. The normalized spacial score (nSPS) is 17.6. The summed E-state index contributed by atoms with van der Waals surface area (Å²) in [6.07, 6.45) is 5.69. The molecule has 0 aromatic carbocycles. The average Bonchev–Trinajstić information content (AvgIpc) is 2.14. The van der Waals surface area contributed by atoms with Crippen LogP contribution in [0.4, 0.5) is 0 Å². The zero-order valence-corrected chi connectivity index (χ0v) is 4.85. The van der Waals surface area contributed by atoms with Gasteiger partial charge in [0.2, 0.25) is 0 Å². The van der Waals surface area contributed by atoms with Crippen LogP contribution in [0.1, 0.15) is 13.3 Å².